The maximum absolute atomic E-state index is 13.4. The third kappa shape index (κ3) is 49.5. The van der Waals surface area contributed by atoms with Gasteiger partial charge in [-0.25, -0.2) is 4.57 Å². The summed E-state index contributed by atoms with van der Waals surface area (Å²) in [5.74, 6) is -0.497. The topological polar surface area (TPSA) is 111 Å². The Bertz CT molecular complexity index is 1220. The summed E-state index contributed by atoms with van der Waals surface area (Å²) in [4.78, 5) is 37.5. The van der Waals surface area contributed by atoms with E-state index in [1.807, 2.05) is 33.3 Å². The van der Waals surface area contributed by atoms with Crippen molar-refractivity contribution >= 4 is 19.7 Å². The third-order valence-electron chi connectivity index (χ3n) is 13.1. The number of carbonyl (C=O) groups excluding carboxylic acids is 2. The molecule has 0 radical (unpaired) electrons. The van der Waals surface area contributed by atoms with Crippen molar-refractivity contribution in [1.82, 2.24) is 5.32 Å². The molecule has 0 heterocycles. The summed E-state index contributed by atoms with van der Waals surface area (Å²) in [5, 5.41) is 3.05. The van der Waals surface area contributed by atoms with Crippen molar-refractivity contribution in [3.05, 3.63) is 24.3 Å². The third-order valence-corrected chi connectivity index (χ3v) is 14.1. The van der Waals surface area contributed by atoms with Crippen molar-refractivity contribution < 1.29 is 37.3 Å². The predicted octanol–water partition coefficient (Wildman–Crippen LogP) is 17.4. The minimum atomic E-state index is -4.43. The fourth-order valence-electron chi connectivity index (χ4n) is 8.58. The van der Waals surface area contributed by atoms with Crippen LogP contribution in [0.4, 0.5) is 0 Å². The van der Waals surface area contributed by atoms with Gasteiger partial charge in [0.05, 0.1) is 33.8 Å². The number of allylic oxidation sites excluding steroid dienone is 3. The highest BCUT2D eigenvalue weighted by molar-refractivity contribution is 7.47. The highest BCUT2D eigenvalue weighted by Crippen LogP contribution is 2.43. The maximum Gasteiger partial charge on any atom is 0.472 e. The first-order valence-corrected chi connectivity index (χ1v) is 30.7. The van der Waals surface area contributed by atoms with E-state index in [9.17, 15) is 19.0 Å². The average molecular weight is 983 g/mol. The quantitative estimate of drug-likeness (QED) is 0.0205. The number of hydrogen-bond acceptors (Lipinski definition) is 6. The number of amides is 1. The van der Waals surface area contributed by atoms with Gasteiger partial charge in [0, 0.05) is 12.8 Å². The number of nitrogens with one attached hydrogen (secondary N) is 1. The highest BCUT2D eigenvalue weighted by Gasteiger charge is 2.30. The van der Waals surface area contributed by atoms with Crippen molar-refractivity contribution in [1.29, 1.82) is 0 Å². The van der Waals surface area contributed by atoms with Crippen LogP contribution in [0.5, 0.6) is 0 Å². The Hall–Kier alpha value is -1.51. The van der Waals surface area contributed by atoms with Crippen molar-refractivity contribution in [2.45, 2.75) is 296 Å². The molecule has 402 valence electrons. The summed E-state index contributed by atoms with van der Waals surface area (Å²) in [7, 11) is 1.51. The van der Waals surface area contributed by atoms with Crippen LogP contribution in [0.3, 0.4) is 0 Å². The molecule has 2 N–H and O–H groups in total. The van der Waals surface area contributed by atoms with E-state index < -0.39 is 20.0 Å². The SMILES string of the molecule is CCCCCCCC/C=C/CCCCCCCCCCCC(=O)OC(/C=C/CCCCCCCCCCCC)C(COP(=O)(O)OCC[N+](C)(C)C)NC(=O)CCCCCCCCCCCCC. The van der Waals surface area contributed by atoms with Gasteiger partial charge in [-0.3, -0.25) is 18.6 Å². The first-order chi connectivity index (χ1) is 32.9. The Kier molecular flexibility index (Phi) is 48.0. The molecule has 0 aliphatic carbocycles. The standard InChI is InChI=1S/C58H113N2O7P/c1-7-10-13-16-19-22-25-27-28-29-30-31-32-33-36-39-42-45-48-51-58(62)67-56(49-46-43-40-37-35-26-23-20-17-14-11-8-2)55(54-66-68(63,64)65-53-52-60(4,5)6)59-57(61)50-47-44-41-38-34-24-21-18-15-12-9-3/h27-28,46,49,55-56H,7-26,29-45,47-48,50-54H2,1-6H3,(H-,59,61,63,64)/p+1/b28-27+,49-46+. The molecule has 0 spiro atoms. The van der Waals surface area contributed by atoms with E-state index in [-0.39, 0.29) is 25.1 Å². The molecule has 1 amide bonds. The number of rotatable bonds is 53. The summed E-state index contributed by atoms with van der Waals surface area (Å²) in [6.07, 6.45) is 56.0. The lowest BCUT2D eigenvalue weighted by atomic mass is 10.0. The zero-order valence-corrected chi connectivity index (χ0v) is 46.8. The van der Waals surface area contributed by atoms with Crippen LogP contribution in [0.2, 0.25) is 0 Å². The van der Waals surface area contributed by atoms with Crippen molar-refractivity contribution in [2.75, 3.05) is 40.9 Å². The van der Waals surface area contributed by atoms with E-state index in [2.05, 4.69) is 38.2 Å². The molecule has 0 rings (SSSR count). The molecule has 0 aliphatic rings. The normalized spacial score (nSPS) is 13.9. The van der Waals surface area contributed by atoms with Gasteiger partial charge >= 0.3 is 13.8 Å². The van der Waals surface area contributed by atoms with E-state index in [1.165, 1.54) is 193 Å². The molecular formula is C58H114N2O7P+. The lowest BCUT2D eigenvalue weighted by Gasteiger charge is -2.27. The van der Waals surface area contributed by atoms with Gasteiger partial charge in [0.25, 0.3) is 0 Å². The number of esters is 1. The van der Waals surface area contributed by atoms with E-state index in [0.29, 0.717) is 23.9 Å². The molecule has 0 aromatic rings. The van der Waals surface area contributed by atoms with Gasteiger partial charge < -0.3 is 19.4 Å². The minimum Gasteiger partial charge on any atom is -0.456 e. The smallest absolute Gasteiger partial charge is 0.456 e. The van der Waals surface area contributed by atoms with Crippen LogP contribution in [-0.4, -0.2) is 74.3 Å². The van der Waals surface area contributed by atoms with Crippen LogP contribution in [0.25, 0.3) is 0 Å². The second-order valence-electron chi connectivity index (χ2n) is 21.2. The average Bonchev–Trinajstić information content (AvgIpc) is 3.29. The van der Waals surface area contributed by atoms with E-state index in [0.717, 1.165) is 57.8 Å². The van der Waals surface area contributed by atoms with Crippen LogP contribution in [0, 0.1) is 0 Å². The Labute approximate surface area is 422 Å². The molecule has 3 atom stereocenters. The molecule has 0 saturated heterocycles. The lowest BCUT2D eigenvalue weighted by molar-refractivity contribution is -0.870. The summed E-state index contributed by atoms with van der Waals surface area (Å²) in [6.45, 7) is 7.02. The highest BCUT2D eigenvalue weighted by atomic mass is 31.2. The summed E-state index contributed by atoms with van der Waals surface area (Å²) in [5.41, 5.74) is 0. The van der Waals surface area contributed by atoms with Crippen molar-refractivity contribution in [3.63, 3.8) is 0 Å². The molecule has 3 unspecified atom stereocenters. The molecule has 0 bridgehead atoms. The summed E-state index contributed by atoms with van der Waals surface area (Å²) < 4.78 is 30.6. The number of hydrogen-bond donors (Lipinski definition) is 2. The van der Waals surface area contributed by atoms with Gasteiger partial charge in [0.15, 0.2) is 0 Å². The molecule has 9 nitrogen and oxygen atoms in total. The van der Waals surface area contributed by atoms with Gasteiger partial charge in [0.1, 0.15) is 19.3 Å². The van der Waals surface area contributed by atoms with Gasteiger partial charge in [-0.05, 0) is 57.4 Å². The molecular weight excluding hydrogens is 868 g/mol. The molecule has 0 aliphatic heterocycles. The molecule has 0 saturated carbocycles. The van der Waals surface area contributed by atoms with Crippen molar-refractivity contribution in [2.24, 2.45) is 0 Å². The van der Waals surface area contributed by atoms with Gasteiger partial charge in [-0.15, -0.1) is 0 Å². The second-order valence-corrected chi connectivity index (χ2v) is 22.6. The zero-order valence-electron chi connectivity index (χ0n) is 45.9. The monoisotopic (exact) mass is 982 g/mol. The number of phosphoric ester groups is 1. The number of likely N-dealkylation sites (N-methyl/N-ethyl adjacent to an activating group) is 1. The van der Waals surface area contributed by atoms with E-state index >= 15 is 0 Å². The Morgan fingerprint density at radius 1 is 0.500 bits per heavy atom. The van der Waals surface area contributed by atoms with E-state index in [1.54, 1.807) is 0 Å². The van der Waals surface area contributed by atoms with Crippen LogP contribution in [0.15, 0.2) is 24.3 Å². The maximum atomic E-state index is 13.4. The van der Waals surface area contributed by atoms with Gasteiger partial charge in [0.2, 0.25) is 5.91 Å². The van der Waals surface area contributed by atoms with Gasteiger partial charge in [-0.2, -0.15) is 0 Å². The number of phosphoric acid groups is 1. The minimum absolute atomic E-state index is 0.0432. The number of nitrogens with zero attached hydrogens (tertiary/aromatic N) is 1. The Morgan fingerprint density at radius 2 is 0.853 bits per heavy atom. The molecule has 0 aromatic heterocycles. The lowest BCUT2D eigenvalue weighted by Crippen LogP contribution is -2.47. The number of quaternary nitrogens is 1. The van der Waals surface area contributed by atoms with Crippen LogP contribution in [0.1, 0.15) is 284 Å². The zero-order chi connectivity index (χ0) is 50.1. The van der Waals surface area contributed by atoms with Crippen molar-refractivity contribution in [3.8, 4) is 0 Å². The van der Waals surface area contributed by atoms with Crippen LogP contribution >= 0.6 is 7.82 Å². The first-order valence-electron chi connectivity index (χ1n) is 29.2. The Morgan fingerprint density at radius 3 is 1.25 bits per heavy atom. The molecule has 0 fully saturated rings. The van der Waals surface area contributed by atoms with Crippen LogP contribution in [-0.2, 0) is 27.9 Å². The fourth-order valence-corrected chi connectivity index (χ4v) is 9.32. The van der Waals surface area contributed by atoms with E-state index in [4.69, 9.17) is 13.8 Å². The predicted molar refractivity (Wildman–Crippen MR) is 291 cm³/mol. The molecule has 68 heavy (non-hydrogen) atoms. The number of ether oxygens (including phenoxy) is 1. The number of unbranched alkanes of at least 4 members (excludes halogenated alkanes) is 35. The summed E-state index contributed by atoms with van der Waals surface area (Å²) >= 11 is 0. The first kappa shape index (κ1) is 66.5. The largest absolute Gasteiger partial charge is 0.472 e. The van der Waals surface area contributed by atoms with Gasteiger partial charge in [-0.1, -0.05) is 238 Å². The van der Waals surface area contributed by atoms with Crippen LogP contribution < -0.4 is 5.32 Å². The number of carbonyl (C=O) groups is 2. The molecule has 10 heteroatoms. The summed E-state index contributed by atoms with van der Waals surface area (Å²) in [6, 6.07) is -0.841. The fraction of sp³-hybridized carbons (Fsp3) is 0.897. The Balaban J connectivity index is 5.25. The second kappa shape index (κ2) is 49.1. The molecule has 0 aromatic carbocycles.